The number of piperazine rings is 1. The van der Waals surface area contributed by atoms with Gasteiger partial charge in [0.05, 0.1) is 28.4 Å². The zero-order chi connectivity index (χ0) is 23.6. The first-order valence-corrected chi connectivity index (χ1v) is 11.6. The second kappa shape index (κ2) is 7.75. The average Bonchev–Trinajstić information content (AvgIpc) is 3.45. The molecule has 0 aromatic heterocycles. The Balaban J connectivity index is 1.40. The maximum Gasteiger partial charge on any atom is 0.332 e. The summed E-state index contributed by atoms with van der Waals surface area (Å²) in [4.78, 5) is 44.0. The lowest BCUT2D eigenvalue weighted by Gasteiger charge is -2.34. The van der Waals surface area contributed by atoms with E-state index in [2.05, 4.69) is 21.2 Å². The third kappa shape index (κ3) is 3.20. The quantitative estimate of drug-likeness (QED) is 0.584. The Morgan fingerprint density at radius 1 is 1.24 bits per heavy atom. The fourth-order valence-corrected chi connectivity index (χ4v) is 5.48. The van der Waals surface area contributed by atoms with Crippen molar-refractivity contribution in [2.75, 3.05) is 16.8 Å². The van der Waals surface area contributed by atoms with Gasteiger partial charge in [0, 0.05) is 16.7 Å². The van der Waals surface area contributed by atoms with Crippen molar-refractivity contribution in [3.8, 4) is 6.07 Å². The van der Waals surface area contributed by atoms with E-state index in [1.807, 2.05) is 25.1 Å². The Labute approximate surface area is 203 Å². The van der Waals surface area contributed by atoms with E-state index in [0.29, 0.717) is 29.9 Å². The van der Waals surface area contributed by atoms with Crippen molar-refractivity contribution >= 4 is 56.9 Å². The second-order valence-corrected chi connectivity index (χ2v) is 9.73. The van der Waals surface area contributed by atoms with Gasteiger partial charge in [-0.1, -0.05) is 27.5 Å². The number of nitrogens with one attached hydrogen (secondary N) is 1. The molecule has 5 rings (SSSR count). The molecule has 33 heavy (non-hydrogen) atoms. The largest absolute Gasteiger partial charge is 0.332 e. The summed E-state index contributed by atoms with van der Waals surface area (Å²) in [7, 11) is 0. The fourth-order valence-electron chi connectivity index (χ4n) is 5.03. The van der Waals surface area contributed by atoms with Crippen molar-refractivity contribution in [3.05, 3.63) is 56.5 Å². The van der Waals surface area contributed by atoms with Crippen LogP contribution in [0.3, 0.4) is 0 Å². The highest BCUT2D eigenvalue weighted by atomic mass is 79.9. The molecular weight excluding hydrogens is 510 g/mol. The highest BCUT2D eigenvalue weighted by Gasteiger charge is 2.63. The van der Waals surface area contributed by atoms with Gasteiger partial charge in [-0.2, -0.15) is 5.26 Å². The minimum atomic E-state index is -0.734. The average molecular weight is 529 g/mol. The molecule has 3 atom stereocenters. The summed E-state index contributed by atoms with van der Waals surface area (Å²) in [6.45, 7) is 3.98. The third-order valence-corrected chi connectivity index (χ3v) is 8.03. The highest BCUT2D eigenvalue weighted by Crippen LogP contribution is 2.43. The molecule has 2 bridgehead atoms. The number of hydrogen-bond acceptors (Lipinski definition) is 4. The molecule has 3 aliphatic heterocycles. The van der Waals surface area contributed by atoms with Crippen LogP contribution in [0.4, 0.5) is 21.0 Å². The predicted octanol–water partition coefficient (Wildman–Crippen LogP) is 4.42. The van der Waals surface area contributed by atoms with Crippen LogP contribution >= 0.6 is 27.5 Å². The Hall–Kier alpha value is -3.09. The summed E-state index contributed by atoms with van der Waals surface area (Å²) in [6, 6.07) is 8.54. The number of urea groups is 2. The zero-order valence-electron chi connectivity index (χ0n) is 17.8. The van der Waals surface area contributed by atoms with Crippen molar-refractivity contribution in [3.63, 3.8) is 0 Å². The molecule has 0 unspecified atom stereocenters. The van der Waals surface area contributed by atoms with Gasteiger partial charge in [-0.15, -0.1) is 0 Å². The number of hydrogen-bond donors (Lipinski definition) is 1. The van der Waals surface area contributed by atoms with Gasteiger partial charge in [0.2, 0.25) is 0 Å². The molecule has 0 saturated carbocycles. The maximum atomic E-state index is 13.4. The molecule has 3 fully saturated rings. The number of anilines is 2. The number of benzene rings is 2. The molecule has 3 heterocycles. The summed E-state index contributed by atoms with van der Waals surface area (Å²) < 4.78 is 0.949. The molecule has 2 aromatic rings. The van der Waals surface area contributed by atoms with Gasteiger partial charge in [0.15, 0.2) is 0 Å². The number of fused-ring (bicyclic) bond motifs is 5. The Morgan fingerprint density at radius 2 is 2.00 bits per heavy atom. The minimum absolute atomic E-state index is 0.219. The number of carbonyl (C=O) groups is 3. The summed E-state index contributed by atoms with van der Waals surface area (Å²) in [5, 5.41) is 12.3. The third-order valence-electron chi connectivity index (χ3n) is 6.65. The van der Waals surface area contributed by atoms with Gasteiger partial charge < -0.3 is 15.1 Å². The van der Waals surface area contributed by atoms with Crippen LogP contribution in [0, 0.1) is 25.2 Å². The van der Waals surface area contributed by atoms with Crippen LogP contribution < -0.4 is 10.2 Å². The topological polar surface area (TPSA) is 96.7 Å². The van der Waals surface area contributed by atoms with E-state index in [-0.39, 0.29) is 28.6 Å². The van der Waals surface area contributed by atoms with Crippen molar-refractivity contribution in [2.45, 2.75) is 38.4 Å². The Bertz CT molecular complexity index is 1280. The first kappa shape index (κ1) is 21.7. The first-order chi connectivity index (χ1) is 15.7. The number of halogens is 2. The molecule has 3 aliphatic rings. The second-order valence-electron chi connectivity index (χ2n) is 8.49. The zero-order valence-corrected chi connectivity index (χ0v) is 20.1. The van der Waals surface area contributed by atoms with Gasteiger partial charge in [0.25, 0.3) is 5.91 Å². The van der Waals surface area contributed by atoms with Crippen LogP contribution in [0.15, 0.2) is 34.8 Å². The standard InChI is InChI=1S/C23H19BrClN5O3/c1-11-7-14(4-5-16(11)24)27-22(32)28-10-15-8-18(28)20-21(31)30(23(33)29(15)20)17-6-3-13(9-26)19(25)12(17)2/h3-7,15,18,20H,8,10H2,1-2H3,(H,27,32)/t15-,18-,20-/m0/s1. The van der Waals surface area contributed by atoms with E-state index in [1.165, 1.54) is 6.07 Å². The van der Waals surface area contributed by atoms with Crippen LogP contribution in [0.5, 0.6) is 0 Å². The molecule has 2 aromatic carbocycles. The minimum Gasteiger partial charge on any atom is -0.317 e. The normalized spacial score (nSPS) is 23.2. The first-order valence-electron chi connectivity index (χ1n) is 10.4. The number of rotatable bonds is 2. The van der Waals surface area contributed by atoms with Crippen LogP contribution in [0.25, 0.3) is 0 Å². The molecule has 0 spiro atoms. The number of carbonyl (C=O) groups excluding carboxylic acids is 3. The summed E-state index contributed by atoms with van der Waals surface area (Å²) in [6.07, 6.45) is 0.565. The summed E-state index contributed by atoms with van der Waals surface area (Å²) >= 11 is 9.72. The van der Waals surface area contributed by atoms with Crippen molar-refractivity contribution in [1.29, 1.82) is 5.26 Å². The van der Waals surface area contributed by atoms with E-state index >= 15 is 0 Å². The van der Waals surface area contributed by atoms with Crippen LogP contribution in [-0.2, 0) is 4.79 Å². The molecule has 8 nitrogen and oxygen atoms in total. The van der Waals surface area contributed by atoms with Crippen molar-refractivity contribution < 1.29 is 14.4 Å². The van der Waals surface area contributed by atoms with Gasteiger partial charge in [0.1, 0.15) is 12.1 Å². The number of nitriles is 1. The predicted molar refractivity (Wildman–Crippen MR) is 126 cm³/mol. The monoisotopic (exact) mass is 527 g/mol. The van der Waals surface area contributed by atoms with E-state index in [9.17, 15) is 19.6 Å². The van der Waals surface area contributed by atoms with Gasteiger partial charge >= 0.3 is 12.1 Å². The molecule has 10 heteroatoms. The van der Waals surface area contributed by atoms with E-state index in [4.69, 9.17) is 11.6 Å². The van der Waals surface area contributed by atoms with Crippen LogP contribution in [-0.4, -0.2) is 52.4 Å². The Morgan fingerprint density at radius 3 is 2.70 bits per heavy atom. The smallest absolute Gasteiger partial charge is 0.317 e. The fraction of sp³-hybridized carbons (Fsp3) is 0.304. The van der Waals surface area contributed by atoms with Gasteiger partial charge in [-0.3, -0.25) is 4.79 Å². The number of imide groups is 1. The lowest BCUT2D eigenvalue weighted by atomic mass is 10.1. The van der Waals surface area contributed by atoms with E-state index < -0.39 is 18.1 Å². The van der Waals surface area contributed by atoms with E-state index in [0.717, 1.165) is 14.9 Å². The molecule has 1 N–H and O–H groups in total. The van der Waals surface area contributed by atoms with Crippen LogP contribution in [0.1, 0.15) is 23.1 Å². The number of amides is 5. The lowest BCUT2D eigenvalue weighted by molar-refractivity contribution is -0.120. The number of nitrogens with zero attached hydrogens (tertiary/aromatic N) is 4. The van der Waals surface area contributed by atoms with Crippen LogP contribution in [0.2, 0.25) is 5.02 Å². The molecule has 5 amide bonds. The molecule has 0 aliphatic carbocycles. The SMILES string of the molecule is Cc1cc(NC(=O)N2C[C@@H]3C[C@H]2[C@H]2C(=O)N(c4ccc(C#N)c(Cl)c4C)C(=O)N32)ccc1Br. The lowest BCUT2D eigenvalue weighted by Crippen LogP contribution is -2.55. The summed E-state index contributed by atoms with van der Waals surface area (Å²) in [5.41, 5.74) is 2.79. The van der Waals surface area contributed by atoms with Crippen molar-refractivity contribution in [1.82, 2.24) is 9.80 Å². The van der Waals surface area contributed by atoms with Crippen molar-refractivity contribution in [2.24, 2.45) is 0 Å². The van der Waals surface area contributed by atoms with Gasteiger partial charge in [-0.05, 0) is 61.7 Å². The summed E-state index contributed by atoms with van der Waals surface area (Å²) in [5.74, 6) is -0.381. The molecule has 3 saturated heterocycles. The van der Waals surface area contributed by atoms with Gasteiger partial charge in [-0.25, -0.2) is 14.5 Å². The highest BCUT2D eigenvalue weighted by molar-refractivity contribution is 9.10. The van der Waals surface area contributed by atoms with E-state index in [1.54, 1.807) is 28.9 Å². The molecular formula is C23H19BrClN5O3. The Kier molecular flexibility index (Phi) is 5.10. The maximum absolute atomic E-state index is 13.4. The number of aryl methyl sites for hydroxylation is 1. The molecule has 0 radical (unpaired) electrons. The number of likely N-dealkylation sites (tertiary alicyclic amines) is 1. The molecule has 168 valence electrons.